The molecule has 1 aromatic heterocycles. The van der Waals surface area contributed by atoms with Crippen LogP contribution in [-0.2, 0) is 16.8 Å². The van der Waals surface area contributed by atoms with E-state index in [0.29, 0.717) is 11.8 Å². The number of ketones is 1. The topological polar surface area (TPSA) is 45.3 Å². The lowest BCUT2D eigenvalue weighted by Gasteiger charge is -2.53. The van der Waals surface area contributed by atoms with Crippen LogP contribution in [0, 0.1) is 11.8 Å². The van der Waals surface area contributed by atoms with E-state index < -0.39 is 0 Å². The predicted octanol–water partition coefficient (Wildman–Crippen LogP) is 4.83. The summed E-state index contributed by atoms with van der Waals surface area (Å²) in [6.07, 6.45) is 5.17. The molecule has 4 nitrogen and oxygen atoms in total. The zero-order valence-electron chi connectivity index (χ0n) is 17.8. The molecule has 3 atom stereocenters. The Morgan fingerprint density at radius 1 is 1.43 bits per heavy atom. The Labute approximate surface area is 167 Å². The maximum atomic E-state index is 12.4. The number of nitrogens with one attached hydrogen (secondary N) is 1. The molecule has 0 aliphatic carbocycles. The van der Waals surface area contributed by atoms with Gasteiger partial charge in [-0.15, -0.1) is 0 Å². The molecule has 0 spiro atoms. The Morgan fingerprint density at radius 2 is 2.21 bits per heavy atom. The summed E-state index contributed by atoms with van der Waals surface area (Å²) >= 11 is 0. The summed E-state index contributed by atoms with van der Waals surface area (Å²) < 4.78 is 5.68. The number of ether oxygens (including phenoxy) is 1. The highest BCUT2D eigenvalue weighted by molar-refractivity contribution is 5.94. The Kier molecular flexibility index (Phi) is 4.86. The maximum Gasteiger partial charge on any atom is 0.155 e. The highest BCUT2D eigenvalue weighted by atomic mass is 16.5. The third-order valence-corrected chi connectivity index (χ3v) is 7.26. The molecule has 0 radical (unpaired) electrons. The van der Waals surface area contributed by atoms with Crippen molar-refractivity contribution < 1.29 is 9.53 Å². The highest BCUT2D eigenvalue weighted by Crippen LogP contribution is 2.50. The minimum absolute atomic E-state index is 0.0857. The molecule has 150 valence electrons. The van der Waals surface area contributed by atoms with E-state index in [4.69, 9.17) is 4.74 Å². The number of allylic oxidation sites excluding steroid dienone is 2. The summed E-state index contributed by atoms with van der Waals surface area (Å²) in [5.41, 5.74) is 4.78. The number of fused-ring (bicyclic) bond motifs is 5. The second-order valence-electron chi connectivity index (χ2n) is 8.61. The minimum atomic E-state index is -0.0857. The van der Waals surface area contributed by atoms with Crippen LogP contribution in [0.3, 0.4) is 0 Å². The molecular weight excluding hydrogens is 348 g/mol. The third kappa shape index (κ3) is 2.73. The van der Waals surface area contributed by atoms with Crippen molar-refractivity contribution in [3.05, 3.63) is 41.1 Å². The van der Waals surface area contributed by atoms with Crippen molar-refractivity contribution in [3.63, 3.8) is 0 Å². The summed E-state index contributed by atoms with van der Waals surface area (Å²) in [5.74, 6) is 2.01. The fraction of sp³-hybridized carbons (Fsp3) is 0.542. The second kappa shape index (κ2) is 7.07. The van der Waals surface area contributed by atoms with E-state index in [9.17, 15) is 4.79 Å². The van der Waals surface area contributed by atoms with Gasteiger partial charge in [0, 0.05) is 29.7 Å². The lowest BCUT2D eigenvalue weighted by Crippen LogP contribution is -2.56. The minimum Gasteiger partial charge on any atom is -0.496 e. The smallest absolute Gasteiger partial charge is 0.155 e. The number of rotatable bonds is 4. The summed E-state index contributed by atoms with van der Waals surface area (Å²) in [5, 5.41) is 1.23. The van der Waals surface area contributed by atoms with E-state index in [-0.39, 0.29) is 11.3 Å². The molecule has 4 heteroatoms. The molecule has 0 saturated carbocycles. The first-order valence-corrected chi connectivity index (χ1v) is 10.5. The lowest BCUT2D eigenvalue weighted by atomic mass is 9.67. The molecule has 0 amide bonds. The number of carbonyl (C=O) groups is 1. The molecule has 0 unspecified atom stereocenters. The quantitative estimate of drug-likeness (QED) is 0.773. The Balaban J connectivity index is 1.84. The first-order valence-electron chi connectivity index (χ1n) is 10.5. The molecule has 3 heterocycles. The number of hydrogen-bond donors (Lipinski definition) is 1. The highest BCUT2D eigenvalue weighted by Gasteiger charge is 2.48. The van der Waals surface area contributed by atoms with E-state index in [1.54, 1.807) is 14.0 Å². The molecule has 1 saturated heterocycles. The van der Waals surface area contributed by atoms with E-state index >= 15 is 0 Å². The van der Waals surface area contributed by atoms with Crippen molar-refractivity contribution in [2.45, 2.75) is 52.5 Å². The number of nitrogens with zero attached hydrogens (tertiary/aromatic N) is 1. The Hall–Kier alpha value is -2.07. The molecule has 1 aromatic carbocycles. The molecule has 28 heavy (non-hydrogen) atoms. The molecule has 0 bridgehead atoms. The van der Waals surface area contributed by atoms with Gasteiger partial charge in [-0.25, -0.2) is 0 Å². The van der Waals surface area contributed by atoms with Gasteiger partial charge in [-0.05, 0) is 68.7 Å². The SMILES string of the molecule is C/C=C(/C(C)=O)[C@H]1C[C@@]2(C)c3[nH]c4cccc(OC)c4c3CCN2C[C@H]1CC. The van der Waals surface area contributed by atoms with Crippen molar-refractivity contribution in [2.24, 2.45) is 11.8 Å². The van der Waals surface area contributed by atoms with Crippen molar-refractivity contribution in [1.29, 1.82) is 0 Å². The fourth-order valence-electron chi connectivity index (χ4n) is 5.80. The Morgan fingerprint density at radius 3 is 2.86 bits per heavy atom. The van der Waals surface area contributed by atoms with Crippen LogP contribution < -0.4 is 4.74 Å². The first-order chi connectivity index (χ1) is 13.4. The van der Waals surface area contributed by atoms with Gasteiger partial charge in [0.15, 0.2) is 5.78 Å². The monoisotopic (exact) mass is 380 g/mol. The molecule has 1 N–H and O–H groups in total. The van der Waals surface area contributed by atoms with Gasteiger partial charge in [-0.3, -0.25) is 9.69 Å². The molecule has 4 rings (SSSR count). The number of Topliss-reactive ketones (excluding diaryl/α,β-unsaturated/α-hetero) is 1. The van der Waals surface area contributed by atoms with Crippen molar-refractivity contribution >= 4 is 16.7 Å². The molecule has 2 aliphatic heterocycles. The fourth-order valence-corrected chi connectivity index (χ4v) is 5.80. The standard InChI is InChI=1S/C24H32N2O2/c1-6-16-14-26-12-11-18-22-20(9-8-10-21(22)28-5)25-23(18)24(26,4)13-19(16)17(7-2)15(3)27/h7-10,16,19,25H,6,11-14H2,1-5H3/b17-7-/t16-,19+,24+/m1/s1. The second-order valence-corrected chi connectivity index (χ2v) is 8.61. The zero-order valence-corrected chi connectivity index (χ0v) is 17.8. The van der Waals surface area contributed by atoms with Gasteiger partial charge in [0.1, 0.15) is 5.75 Å². The lowest BCUT2D eigenvalue weighted by molar-refractivity contribution is -0.115. The van der Waals surface area contributed by atoms with Gasteiger partial charge in [0.25, 0.3) is 0 Å². The number of carbonyl (C=O) groups excluding carboxylic acids is 1. The average Bonchev–Trinajstić information content (AvgIpc) is 3.08. The number of aromatic amines is 1. The summed E-state index contributed by atoms with van der Waals surface area (Å²) in [4.78, 5) is 18.8. The number of hydrogen-bond acceptors (Lipinski definition) is 3. The van der Waals surface area contributed by atoms with E-state index in [1.165, 1.54) is 16.6 Å². The normalized spacial score (nSPS) is 28.1. The summed E-state index contributed by atoms with van der Waals surface area (Å²) in [7, 11) is 1.75. The van der Waals surface area contributed by atoms with Gasteiger partial charge in [0.2, 0.25) is 0 Å². The van der Waals surface area contributed by atoms with Crippen molar-refractivity contribution in [3.8, 4) is 5.75 Å². The maximum absolute atomic E-state index is 12.4. The van der Waals surface area contributed by atoms with Crippen LogP contribution in [0.4, 0.5) is 0 Å². The van der Waals surface area contributed by atoms with Crippen LogP contribution in [0.5, 0.6) is 5.75 Å². The number of aromatic nitrogens is 1. The van der Waals surface area contributed by atoms with Crippen molar-refractivity contribution in [2.75, 3.05) is 20.2 Å². The summed E-state index contributed by atoms with van der Waals surface area (Å²) in [6.45, 7) is 10.5. The van der Waals surface area contributed by atoms with E-state index in [1.807, 2.05) is 19.1 Å². The number of methoxy groups -OCH3 is 1. The largest absolute Gasteiger partial charge is 0.496 e. The number of benzene rings is 1. The molecule has 2 aliphatic rings. The average molecular weight is 381 g/mol. The Bertz CT molecular complexity index is 941. The molecular formula is C24H32N2O2. The molecule has 1 fully saturated rings. The zero-order chi connectivity index (χ0) is 20.1. The van der Waals surface area contributed by atoms with Crippen LogP contribution in [0.1, 0.15) is 51.8 Å². The first kappa shape index (κ1) is 19.3. The van der Waals surface area contributed by atoms with Gasteiger partial charge in [0.05, 0.1) is 12.6 Å². The third-order valence-electron chi connectivity index (χ3n) is 7.26. The van der Waals surface area contributed by atoms with Gasteiger partial charge < -0.3 is 9.72 Å². The van der Waals surface area contributed by atoms with Gasteiger partial charge in [-0.1, -0.05) is 25.5 Å². The number of piperidine rings is 1. The van der Waals surface area contributed by atoms with Crippen LogP contribution in [0.25, 0.3) is 10.9 Å². The van der Waals surface area contributed by atoms with E-state index in [0.717, 1.165) is 49.2 Å². The van der Waals surface area contributed by atoms with Crippen LogP contribution in [-0.4, -0.2) is 35.9 Å². The van der Waals surface area contributed by atoms with Crippen LogP contribution >= 0.6 is 0 Å². The predicted molar refractivity (Wildman–Crippen MR) is 114 cm³/mol. The molecule has 2 aromatic rings. The van der Waals surface area contributed by atoms with Crippen molar-refractivity contribution in [1.82, 2.24) is 9.88 Å². The van der Waals surface area contributed by atoms with Gasteiger partial charge in [-0.2, -0.15) is 0 Å². The van der Waals surface area contributed by atoms with Crippen LogP contribution in [0.2, 0.25) is 0 Å². The summed E-state index contributed by atoms with van der Waals surface area (Å²) in [6, 6.07) is 6.25. The van der Waals surface area contributed by atoms with Gasteiger partial charge >= 0.3 is 0 Å². The van der Waals surface area contributed by atoms with Crippen LogP contribution in [0.15, 0.2) is 29.8 Å². The number of H-pyrrole nitrogens is 1. The van der Waals surface area contributed by atoms with E-state index in [2.05, 4.69) is 35.9 Å².